The molecule has 0 bridgehead atoms. The fourth-order valence-electron chi connectivity index (χ4n) is 2.63. The molecule has 1 N–H and O–H groups in total. The molecule has 2 aromatic rings. The minimum atomic E-state index is -0.175. The molecule has 0 aromatic heterocycles. The van der Waals surface area contributed by atoms with Crippen molar-refractivity contribution in [1.29, 1.82) is 0 Å². The number of rotatable bonds is 5. The van der Waals surface area contributed by atoms with Gasteiger partial charge < -0.3 is 5.32 Å². The zero-order valence-electron chi connectivity index (χ0n) is 12.7. The highest BCUT2D eigenvalue weighted by Crippen LogP contribution is 2.27. The van der Waals surface area contributed by atoms with Gasteiger partial charge in [-0.1, -0.05) is 47.1 Å². The van der Waals surface area contributed by atoms with E-state index in [1.807, 2.05) is 6.07 Å². The third-order valence-corrected chi connectivity index (χ3v) is 4.89. The Morgan fingerprint density at radius 2 is 1.81 bits per heavy atom. The highest BCUT2D eigenvalue weighted by molar-refractivity contribution is 9.10. The second kappa shape index (κ2) is 7.19. The van der Waals surface area contributed by atoms with Gasteiger partial charge in [0.05, 0.1) is 0 Å². The molecule has 1 atom stereocenters. The second-order valence-electron chi connectivity index (χ2n) is 5.41. The van der Waals surface area contributed by atoms with Gasteiger partial charge in [0.2, 0.25) is 0 Å². The normalized spacial score (nSPS) is 12.4. The molecule has 0 saturated heterocycles. The Bertz CT molecular complexity index is 601. The van der Waals surface area contributed by atoms with Crippen LogP contribution in [0.15, 0.2) is 40.9 Å². The molecule has 0 aliphatic rings. The standard InChI is InChI=1S/C18H21BrFN/c1-4-21-17(11-14-6-5-7-16(20)10-14)15-8-12(2)18(19)13(3)9-15/h5-10,17,21H,4,11H2,1-3H3. The van der Waals surface area contributed by atoms with Crippen molar-refractivity contribution in [2.75, 3.05) is 6.54 Å². The smallest absolute Gasteiger partial charge is 0.123 e. The predicted octanol–water partition coefficient (Wildman–Crippen LogP) is 5.10. The maximum atomic E-state index is 13.4. The van der Waals surface area contributed by atoms with Gasteiger partial charge in [-0.3, -0.25) is 0 Å². The molecule has 0 fully saturated rings. The van der Waals surface area contributed by atoms with Crippen molar-refractivity contribution in [2.45, 2.75) is 33.2 Å². The van der Waals surface area contributed by atoms with E-state index in [0.29, 0.717) is 0 Å². The number of aryl methyl sites for hydroxylation is 2. The summed E-state index contributed by atoms with van der Waals surface area (Å²) in [6.07, 6.45) is 0.784. The topological polar surface area (TPSA) is 12.0 Å². The van der Waals surface area contributed by atoms with Crippen LogP contribution in [0.3, 0.4) is 0 Å². The van der Waals surface area contributed by atoms with Gasteiger partial charge in [-0.25, -0.2) is 4.39 Å². The van der Waals surface area contributed by atoms with Crippen LogP contribution in [0.2, 0.25) is 0 Å². The number of nitrogens with one attached hydrogen (secondary N) is 1. The zero-order chi connectivity index (χ0) is 15.4. The van der Waals surface area contributed by atoms with Crippen LogP contribution in [0.25, 0.3) is 0 Å². The third-order valence-electron chi connectivity index (χ3n) is 3.64. The first kappa shape index (κ1) is 16.2. The Morgan fingerprint density at radius 3 is 2.38 bits per heavy atom. The van der Waals surface area contributed by atoms with E-state index in [1.54, 1.807) is 12.1 Å². The van der Waals surface area contributed by atoms with E-state index in [0.717, 1.165) is 23.0 Å². The van der Waals surface area contributed by atoms with Gasteiger partial charge in [0, 0.05) is 10.5 Å². The van der Waals surface area contributed by atoms with Gasteiger partial charge >= 0.3 is 0 Å². The average Bonchev–Trinajstić information content (AvgIpc) is 2.44. The Labute approximate surface area is 134 Å². The van der Waals surface area contributed by atoms with Crippen molar-refractivity contribution < 1.29 is 4.39 Å². The first-order valence-corrected chi connectivity index (χ1v) is 8.05. The minimum absolute atomic E-state index is 0.175. The van der Waals surface area contributed by atoms with Crippen LogP contribution >= 0.6 is 15.9 Å². The van der Waals surface area contributed by atoms with Crippen LogP contribution in [-0.4, -0.2) is 6.54 Å². The van der Waals surface area contributed by atoms with Crippen LogP contribution in [0.5, 0.6) is 0 Å². The van der Waals surface area contributed by atoms with Gasteiger partial charge in [-0.15, -0.1) is 0 Å². The van der Waals surface area contributed by atoms with Crippen molar-refractivity contribution in [1.82, 2.24) is 5.32 Å². The van der Waals surface area contributed by atoms with Gasteiger partial charge in [0.15, 0.2) is 0 Å². The summed E-state index contributed by atoms with van der Waals surface area (Å²) in [5.41, 5.74) is 4.72. The summed E-state index contributed by atoms with van der Waals surface area (Å²) >= 11 is 3.61. The van der Waals surface area contributed by atoms with Crippen molar-refractivity contribution in [3.8, 4) is 0 Å². The number of hydrogen-bond donors (Lipinski definition) is 1. The zero-order valence-corrected chi connectivity index (χ0v) is 14.3. The number of halogens is 2. The Kier molecular flexibility index (Phi) is 5.54. The van der Waals surface area contributed by atoms with Crippen LogP contribution in [0, 0.1) is 19.7 Å². The average molecular weight is 350 g/mol. The molecule has 112 valence electrons. The number of benzene rings is 2. The number of hydrogen-bond acceptors (Lipinski definition) is 1. The quantitative estimate of drug-likeness (QED) is 0.791. The van der Waals surface area contributed by atoms with E-state index in [2.05, 4.69) is 54.2 Å². The summed E-state index contributed by atoms with van der Waals surface area (Å²) in [5, 5.41) is 3.50. The van der Waals surface area contributed by atoms with Gasteiger partial charge in [-0.05, 0) is 61.2 Å². The van der Waals surface area contributed by atoms with Crippen LogP contribution in [0.1, 0.15) is 35.2 Å². The molecule has 0 saturated carbocycles. The van der Waals surface area contributed by atoms with E-state index in [4.69, 9.17) is 0 Å². The molecule has 3 heteroatoms. The van der Waals surface area contributed by atoms with Crippen LogP contribution < -0.4 is 5.32 Å². The molecule has 0 aliphatic heterocycles. The van der Waals surface area contributed by atoms with E-state index in [9.17, 15) is 4.39 Å². The summed E-state index contributed by atoms with van der Waals surface area (Å²) in [7, 11) is 0. The Hall–Kier alpha value is -1.19. The molecular weight excluding hydrogens is 329 g/mol. The first-order chi connectivity index (χ1) is 10.0. The first-order valence-electron chi connectivity index (χ1n) is 7.25. The summed E-state index contributed by atoms with van der Waals surface area (Å²) in [5.74, 6) is -0.175. The third kappa shape index (κ3) is 4.14. The van der Waals surface area contributed by atoms with E-state index in [1.165, 1.54) is 22.8 Å². The molecule has 2 rings (SSSR count). The van der Waals surface area contributed by atoms with Crippen molar-refractivity contribution >= 4 is 15.9 Å². The lowest BCUT2D eigenvalue weighted by Gasteiger charge is -2.20. The highest BCUT2D eigenvalue weighted by atomic mass is 79.9. The van der Waals surface area contributed by atoms with E-state index >= 15 is 0 Å². The van der Waals surface area contributed by atoms with E-state index in [-0.39, 0.29) is 11.9 Å². The summed E-state index contributed by atoms with van der Waals surface area (Å²) < 4.78 is 14.5. The van der Waals surface area contributed by atoms with E-state index < -0.39 is 0 Å². The fraction of sp³-hybridized carbons (Fsp3) is 0.333. The lowest BCUT2D eigenvalue weighted by atomic mass is 9.96. The SMILES string of the molecule is CCNC(Cc1cccc(F)c1)c1cc(C)c(Br)c(C)c1. The monoisotopic (exact) mass is 349 g/mol. The summed E-state index contributed by atoms with van der Waals surface area (Å²) in [4.78, 5) is 0. The van der Waals surface area contributed by atoms with Crippen molar-refractivity contribution in [3.05, 3.63) is 68.9 Å². The summed E-state index contributed by atoms with van der Waals surface area (Å²) in [6, 6.07) is 11.4. The molecule has 0 spiro atoms. The van der Waals surface area contributed by atoms with Gasteiger partial charge in [0.25, 0.3) is 0 Å². The molecular formula is C18H21BrFN. The molecule has 0 amide bonds. The van der Waals surface area contributed by atoms with Gasteiger partial charge in [-0.2, -0.15) is 0 Å². The van der Waals surface area contributed by atoms with Crippen LogP contribution in [0.4, 0.5) is 4.39 Å². The largest absolute Gasteiger partial charge is 0.310 e. The Morgan fingerprint density at radius 1 is 1.14 bits per heavy atom. The van der Waals surface area contributed by atoms with Crippen molar-refractivity contribution in [3.63, 3.8) is 0 Å². The molecule has 0 radical (unpaired) electrons. The molecule has 1 nitrogen and oxygen atoms in total. The number of likely N-dealkylation sites (N-methyl/N-ethyl adjacent to an activating group) is 1. The lowest BCUT2D eigenvalue weighted by molar-refractivity contribution is 0.546. The molecule has 1 unspecified atom stereocenters. The highest BCUT2D eigenvalue weighted by Gasteiger charge is 2.14. The molecule has 21 heavy (non-hydrogen) atoms. The van der Waals surface area contributed by atoms with Gasteiger partial charge in [0.1, 0.15) is 5.82 Å². The molecule has 0 heterocycles. The fourth-order valence-corrected chi connectivity index (χ4v) is 2.86. The lowest BCUT2D eigenvalue weighted by Crippen LogP contribution is -2.23. The van der Waals surface area contributed by atoms with Crippen LogP contribution in [-0.2, 0) is 6.42 Å². The minimum Gasteiger partial charge on any atom is -0.310 e. The summed E-state index contributed by atoms with van der Waals surface area (Å²) in [6.45, 7) is 7.18. The molecule has 2 aromatic carbocycles. The Balaban J connectivity index is 2.30. The maximum absolute atomic E-state index is 13.4. The maximum Gasteiger partial charge on any atom is 0.123 e. The van der Waals surface area contributed by atoms with Crippen molar-refractivity contribution in [2.24, 2.45) is 0 Å². The second-order valence-corrected chi connectivity index (χ2v) is 6.21. The predicted molar refractivity (Wildman–Crippen MR) is 90.1 cm³/mol. The molecule has 0 aliphatic carbocycles.